The van der Waals surface area contributed by atoms with Gasteiger partial charge in [0.05, 0.1) is 22.8 Å². The smallest absolute Gasteiger partial charge is 0.338 e. The number of rotatable bonds is 6. The number of likely N-dealkylation sites (tertiary alicyclic amines) is 1. The summed E-state index contributed by atoms with van der Waals surface area (Å²) in [5.74, 6) is -1.16. The summed E-state index contributed by atoms with van der Waals surface area (Å²) in [6, 6.07) is 10.3. The number of benzene rings is 2. The topological polar surface area (TPSA) is 122 Å². The number of fused-ring (bicyclic) bond motifs is 1. The first kappa shape index (κ1) is 23.1. The average molecular weight is 490 g/mol. The first-order valence-electron chi connectivity index (χ1n) is 10.5. The molecule has 1 atom stereocenters. The fourth-order valence-electron chi connectivity index (χ4n) is 3.62. The lowest BCUT2D eigenvalue weighted by Gasteiger charge is -2.27. The number of sulfonamides is 1. The normalized spacial score (nSPS) is 17.8. The minimum Gasteiger partial charge on any atom is -0.462 e. The molecule has 0 unspecified atom stereocenters. The largest absolute Gasteiger partial charge is 0.462 e. The van der Waals surface area contributed by atoms with Crippen LogP contribution in [-0.4, -0.2) is 56.0 Å². The molecular weight excluding hydrogens is 466 g/mol. The molecule has 0 saturated carbocycles. The summed E-state index contributed by atoms with van der Waals surface area (Å²) < 4.78 is 33.1. The van der Waals surface area contributed by atoms with E-state index < -0.39 is 27.1 Å². The Morgan fingerprint density at radius 3 is 2.52 bits per heavy atom. The van der Waals surface area contributed by atoms with Gasteiger partial charge in [0.25, 0.3) is 10.0 Å². The lowest BCUT2D eigenvalue weighted by atomic mass is 10.2. The van der Waals surface area contributed by atoms with Gasteiger partial charge < -0.3 is 15.0 Å². The van der Waals surface area contributed by atoms with E-state index in [1.54, 1.807) is 17.9 Å². The van der Waals surface area contributed by atoms with Gasteiger partial charge in [-0.2, -0.15) is 0 Å². The molecule has 2 N–H and O–H groups in total. The van der Waals surface area contributed by atoms with Crippen molar-refractivity contribution in [1.82, 2.24) is 4.90 Å². The third-order valence-electron chi connectivity index (χ3n) is 5.29. The van der Waals surface area contributed by atoms with Crippen LogP contribution in [0, 0.1) is 0 Å². The SMILES string of the molecule is CCOC(=O)c1ccc(NS(=O)(=O)c2ccc3c(c2)NC(=O)[C@H](C(=O)N2CCCC2)S3)cc1. The fourth-order valence-corrected chi connectivity index (χ4v) is 5.76. The highest BCUT2D eigenvalue weighted by atomic mass is 32.2. The van der Waals surface area contributed by atoms with Crippen molar-refractivity contribution in [1.29, 1.82) is 0 Å². The number of nitrogens with zero attached hydrogens (tertiary/aromatic N) is 1. The van der Waals surface area contributed by atoms with E-state index in [1.807, 2.05) is 0 Å². The van der Waals surface area contributed by atoms with Gasteiger partial charge in [-0.15, -0.1) is 11.8 Å². The Morgan fingerprint density at radius 2 is 1.85 bits per heavy atom. The third kappa shape index (κ3) is 4.98. The quantitative estimate of drug-likeness (QED) is 0.473. The highest BCUT2D eigenvalue weighted by Gasteiger charge is 2.37. The van der Waals surface area contributed by atoms with Gasteiger partial charge in [-0.05, 0) is 62.2 Å². The summed E-state index contributed by atoms with van der Waals surface area (Å²) in [4.78, 5) is 39.2. The van der Waals surface area contributed by atoms with Gasteiger partial charge in [-0.1, -0.05) is 0 Å². The summed E-state index contributed by atoms with van der Waals surface area (Å²) in [6.45, 7) is 3.25. The van der Waals surface area contributed by atoms with E-state index in [2.05, 4.69) is 10.0 Å². The van der Waals surface area contributed by atoms with Gasteiger partial charge in [-0.3, -0.25) is 14.3 Å². The van der Waals surface area contributed by atoms with Crippen molar-refractivity contribution in [2.75, 3.05) is 29.7 Å². The van der Waals surface area contributed by atoms with Crippen LogP contribution in [-0.2, 0) is 24.3 Å². The monoisotopic (exact) mass is 489 g/mol. The van der Waals surface area contributed by atoms with E-state index in [0.717, 1.165) is 24.6 Å². The molecule has 1 fully saturated rings. The molecule has 174 valence electrons. The molecule has 2 aliphatic heterocycles. The number of hydrogen-bond acceptors (Lipinski definition) is 7. The molecule has 0 spiro atoms. The zero-order valence-corrected chi connectivity index (χ0v) is 19.5. The summed E-state index contributed by atoms with van der Waals surface area (Å²) >= 11 is 1.13. The third-order valence-corrected chi connectivity index (χ3v) is 7.93. The number of carbonyl (C=O) groups is 3. The van der Waals surface area contributed by atoms with Gasteiger partial charge in [0.15, 0.2) is 5.25 Å². The van der Waals surface area contributed by atoms with Crippen LogP contribution in [0.3, 0.4) is 0 Å². The highest BCUT2D eigenvalue weighted by Crippen LogP contribution is 2.38. The Kier molecular flexibility index (Phi) is 6.61. The Labute approximate surface area is 195 Å². The van der Waals surface area contributed by atoms with Crippen molar-refractivity contribution in [3.63, 3.8) is 0 Å². The molecule has 2 aromatic rings. The molecule has 0 bridgehead atoms. The highest BCUT2D eigenvalue weighted by molar-refractivity contribution is 8.01. The van der Waals surface area contributed by atoms with Crippen molar-refractivity contribution in [3.05, 3.63) is 48.0 Å². The van der Waals surface area contributed by atoms with Crippen molar-refractivity contribution < 1.29 is 27.5 Å². The van der Waals surface area contributed by atoms with Crippen molar-refractivity contribution >= 4 is 50.9 Å². The second-order valence-corrected chi connectivity index (χ2v) is 10.4. The second kappa shape index (κ2) is 9.44. The van der Waals surface area contributed by atoms with Gasteiger partial charge in [0, 0.05) is 23.7 Å². The number of carbonyl (C=O) groups excluding carboxylic acids is 3. The van der Waals surface area contributed by atoms with Gasteiger partial charge in [0.2, 0.25) is 11.8 Å². The van der Waals surface area contributed by atoms with Crippen LogP contribution in [0.5, 0.6) is 0 Å². The first-order chi connectivity index (χ1) is 15.8. The maximum atomic E-state index is 12.9. The van der Waals surface area contributed by atoms with Crippen LogP contribution < -0.4 is 10.0 Å². The Morgan fingerprint density at radius 1 is 1.15 bits per heavy atom. The van der Waals surface area contributed by atoms with Crippen LogP contribution in [0.4, 0.5) is 11.4 Å². The minimum absolute atomic E-state index is 0.0408. The zero-order chi connectivity index (χ0) is 23.6. The lowest BCUT2D eigenvalue weighted by Crippen LogP contribution is -2.43. The number of ether oxygens (including phenoxy) is 1. The second-order valence-electron chi connectivity index (χ2n) is 7.58. The molecule has 2 aliphatic rings. The molecule has 1 saturated heterocycles. The zero-order valence-electron chi connectivity index (χ0n) is 17.9. The molecule has 2 amide bonds. The number of thioether (sulfide) groups is 1. The van der Waals surface area contributed by atoms with Crippen LogP contribution >= 0.6 is 11.8 Å². The number of anilines is 2. The van der Waals surface area contributed by atoms with Crippen LogP contribution in [0.1, 0.15) is 30.1 Å². The predicted molar refractivity (Wildman–Crippen MR) is 124 cm³/mol. The number of hydrogen-bond donors (Lipinski definition) is 2. The minimum atomic E-state index is -3.95. The molecule has 4 rings (SSSR count). The van der Waals surface area contributed by atoms with Crippen molar-refractivity contribution in [3.8, 4) is 0 Å². The average Bonchev–Trinajstić information content (AvgIpc) is 3.33. The molecule has 2 heterocycles. The van der Waals surface area contributed by atoms with Gasteiger partial charge in [0.1, 0.15) is 0 Å². The number of nitrogens with one attached hydrogen (secondary N) is 2. The van der Waals surface area contributed by atoms with E-state index in [4.69, 9.17) is 4.74 Å². The van der Waals surface area contributed by atoms with Gasteiger partial charge >= 0.3 is 5.97 Å². The van der Waals surface area contributed by atoms with E-state index in [0.29, 0.717) is 29.2 Å². The summed E-state index contributed by atoms with van der Waals surface area (Å²) in [6.07, 6.45) is 1.86. The molecule has 2 aromatic carbocycles. The fraction of sp³-hybridized carbons (Fsp3) is 0.318. The molecule has 9 nitrogen and oxygen atoms in total. The standard InChI is InChI=1S/C22H23N3O6S2/c1-2-31-22(28)14-5-7-15(8-6-14)24-33(29,30)16-9-10-18-17(13-16)23-20(26)19(32-18)21(27)25-11-3-4-12-25/h5-10,13,19,24H,2-4,11-12H2,1H3,(H,23,26)/t19-/m1/s1. The van der Waals surface area contributed by atoms with Crippen molar-refractivity contribution in [2.45, 2.75) is 34.8 Å². The lowest BCUT2D eigenvalue weighted by molar-refractivity contribution is -0.133. The maximum Gasteiger partial charge on any atom is 0.338 e. The molecule has 0 radical (unpaired) electrons. The Hall–Kier alpha value is -3.05. The van der Waals surface area contributed by atoms with E-state index in [9.17, 15) is 22.8 Å². The summed E-state index contributed by atoms with van der Waals surface area (Å²) in [5, 5.41) is 1.79. The molecule has 33 heavy (non-hydrogen) atoms. The van der Waals surface area contributed by atoms with E-state index in [1.165, 1.54) is 36.4 Å². The van der Waals surface area contributed by atoms with Crippen LogP contribution in [0.25, 0.3) is 0 Å². The summed E-state index contributed by atoms with van der Waals surface area (Å²) in [7, 11) is -3.95. The Balaban J connectivity index is 1.49. The predicted octanol–water partition coefficient (Wildman–Crippen LogP) is 2.70. The van der Waals surface area contributed by atoms with Gasteiger partial charge in [-0.25, -0.2) is 13.2 Å². The first-order valence-corrected chi connectivity index (χ1v) is 12.8. The van der Waals surface area contributed by atoms with E-state index >= 15 is 0 Å². The molecule has 0 aliphatic carbocycles. The van der Waals surface area contributed by atoms with Crippen molar-refractivity contribution in [2.24, 2.45) is 0 Å². The molecule has 0 aromatic heterocycles. The van der Waals surface area contributed by atoms with E-state index in [-0.39, 0.29) is 23.1 Å². The Bertz CT molecular complexity index is 1190. The number of esters is 1. The maximum absolute atomic E-state index is 12.9. The van der Waals surface area contributed by atoms with Crippen LogP contribution in [0.2, 0.25) is 0 Å². The van der Waals surface area contributed by atoms with Crippen LogP contribution in [0.15, 0.2) is 52.3 Å². The molecular formula is C22H23N3O6S2. The number of amides is 2. The summed E-state index contributed by atoms with van der Waals surface area (Å²) in [5.41, 5.74) is 0.929. The molecule has 11 heteroatoms.